The highest BCUT2D eigenvalue weighted by Gasteiger charge is 2.42. The van der Waals surface area contributed by atoms with Crippen LogP contribution in [-0.4, -0.2) is 199 Å². The molecule has 2 saturated carbocycles. The number of piperazine rings is 3. The van der Waals surface area contributed by atoms with Gasteiger partial charge in [0.15, 0.2) is 28.6 Å². The van der Waals surface area contributed by atoms with Crippen LogP contribution in [0, 0.1) is 48.8 Å². The number of carbonyl (C=O) groups excluding carboxylic acids is 3. The molecule has 9 aromatic heterocycles. The molecular weight excluding hydrogens is 1720 g/mol. The molecule has 3 aliphatic heterocycles. The van der Waals surface area contributed by atoms with Gasteiger partial charge in [0, 0.05) is 100 Å². The van der Waals surface area contributed by atoms with Gasteiger partial charge in [-0.3, -0.25) is 14.4 Å². The Hall–Kier alpha value is -14.6. The number of phenolic OH excluding ortho intramolecular Hbond substituents is 1. The van der Waals surface area contributed by atoms with Gasteiger partial charge in [-0.05, 0) is 157 Å². The van der Waals surface area contributed by atoms with E-state index in [1.165, 1.54) is 92.6 Å². The maximum Gasteiger partial charge on any atom is 0.373 e. The van der Waals surface area contributed by atoms with E-state index in [-0.39, 0.29) is 156 Å². The van der Waals surface area contributed by atoms with Crippen molar-refractivity contribution in [3.05, 3.63) is 235 Å². The molecule has 133 heavy (non-hydrogen) atoms. The number of nitrogens with zero attached hydrogens (tertiary/aromatic N) is 21. The van der Waals surface area contributed by atoms with Crippen LogP contribution in [0.5, 0.6) is 5.75 Å². The van der Waals surface area contributed by atoms with Crippen molar-refractivity contribution in [3.63, 3.8) is 0 Å². The molecule has 0 radical (unpaired) electrons. The van der Waals surface area contributed by atoms with E-state index in [1.54, 1.807) is 34.6 Å². The average molecular weight is 1820 g/mol. The van der Waals surface area contributed by atoms with Gasteiger partial charge >= 0.3 is 23.0 Å². The Bertz CT molecular complexity index is 6580. The van der Waals surface area contributed by atoms with Crippen LogP contribution >= 0.6 is 0 Å². The fraction of sp³-hybridized carbons (Fsp3) is 0.365. The second kappa shape index (κ2) is 37.4. The first-order chi connectivity index (χ1) is 63.3. The molecule has 12 aromatic rings. The van der Waals surface area contributed by atoms with Gasteiger partial charge in [0.25, 0.3) is 0 Å². The first-order valence-electron chi connectivity index (χ1n) is 44.0. The monoisotopic (exact) mass is 1820 g/mol. The topological polar surface area (TPSA) is 375 Å². The number of aryl methyl sites for hydroxylation is 2. The normalized spacial score (nSPS) is 16.4. The van der Waals surface area contributed by atoms with Crippen molar-refractivity contribution < 1.29 is 55.7 Å². The zero-order valence-corrected chi connectivity index (χ0v) is 75.7. The number of aromatic hydroxyl groups is 1. The third kappa shape index (κ3) is 17.9. The number of rotatable bonds is 19. The minimum absolute atomic E-state index is 0.0000327. The third-order valence-corrected chi connectivity index (χ3v) is 24.2. The summed E-state index contributed by atoms with van der Waals surface area (Å²) in [5, 5.41) is 21.0. The maximum atomic E-state index is 16.0. The number of phenols is 1. The minimum atomic E-state index is -1.28. The lowest BCUT2D eigenvalue weighted by molar-refractivity contribution is -0.127. The molecule has 17 rings (SSSR count). The van der Waals surface area contributed by atoms with E-state index in [0.29, 0.717) is 122 Å². The van der Waals surface area contributed by atoms with Crippen molar-refractivity contribution in [2.75, 3.05) is 79.3 Å². The number of anilines is 4. The number of aromatic carboxylic acids is 1. The van der Waals surface area contributed by atoms with Crippen LogP contribution in [0.1, 0.15) is 194 Å². The van der Waals surface area contributed by atoms with Crippen molar-refractivity contribution in [2.24, 2.45) is 0 Å². The Labute approximate surface area is 760 Å². The summed E-state index contributed by atoms with van der Waals surface area (Å²) in [6, 6.07) is 16.1. The first-order valence-corrected chi connectivity index (χ1v) is 44.0. The summed E-state index contributed by atoms with van der Waals surface area (Å²) in [6.45, 7) is 38.4. The average Bonchev–Trinajstić information content (AvgIpc) is 1.71. The molecule has 0 spiro atoms. The fourth-order valence-electron chi connectivity index (χ4n) is 17.5. The van der Waals surface area contributed by atoms with Gasteiger partial charge in [-0.15, -0.1) is 0 Å². The number of carboxylic acid groups (broad SMARTS) is 1. The Morgan fingerprint density at radius 1 is 0.421 bits per heavy atom. The van der Waals surface area contributed by atoms with Crippen molar-refractivity contribution >= 4 is 79.9 Å². The Morgan fingerprint density at radius 2 is 0.752 bits per heavy atom. The molecule has 3 aromatic carbocycles. The Balaban J connectivity index is 0.000000152. The van der Waals surface area contributed by atoms with Gasteiger partial charge in [0.2, 0.25) is 23.5 Å². The number of nitrogens with two attached hydrogens (primary N) is 1. The molecule has 2 aliphatic carbocycles. The molecule has 0 unspecified atom stereocenters. The Morgan fingerprint density at radius 3 is 1.08 bits per heavy atom. The molecule has 4 N–H and O–H groups in total. The lowest BCUT2D eigenvalue weighted by atomic mass is 10.0. The van der Waals surface area contributed by atoms with Crippen molar-refractivity contribution in [2.45, 2.75) is 169 Å². The quantitative estimate of drug-likeness (QED) is 0.0384. The second-order valence-electron chi connectivity index (χ2n) is 35.1. The van der Waals surface area contributed by atoms with E-state index in [1.807, 2.05) is 90.9 Å². The number of amides is 3. The van der Waals surface area contributed by atoms with Gasteiger partial charge < -0.3 is 45.3 Å². The summed E-state index contributed by atoms with van der Waals surface area (Å²) in [5.41, 5.74) is 6.56. The number of hydrogen-bond donors (Lipinski definition) is 3. The summed E-state index contributed by atoms with van der Waals surface area (Å²) in [5.74, 6) is -6.70. The van der Waals surface area contributed by atoms with Crippen LogP contribution in [-0.2, 0) is 14.4 Å². The standard InChI is InChI=1S/C32H36F2N8O2.C32H29F2N7O4.C32H35F2N7O3/c1-8-24(43)40-12-13-41(18(6)15-40)30-20-14-22(34)28(25-21(33)10-9-11-23(25)35)38-31(20)42(32(44)39-30)29-26(16(2)3)36-19(7)37-27(29)17(4)5;1-3-23(42)39-12-13-40(16(2)15-39)29-20-14-22(34)26(19-6-4-5-7-21(19)33)37-30(20)41(32(45)38-29)27-24(17-8-9-17)35-28(31(43)44)36-25(27)18-10-11-18;1-8-24(43)39-12-13-40(18(6)15-39)30-20-14-22(34)28(25-21(33)10-9-11-23(25)42)37-31(20)41(32(44)38-30)29-26(16(2)3)35-19(7)36-27(29)17(4)5/h8-11,14,16-18H,1,12-13,15,35H2,2-7H3;3-7,14,16-18H,1,8-13,15H2,2H3,(H,43,44);8-11,14,16-18,42H,1,12-13,15H2,2-7H3/t18-;16-;18-/m000/s1. The van der Waals surface area contributed by atoms with Crippen LogP contribution in [0.3, 0.4) is 0 Å². The summed E-state index contributed by atoms with van der Waals surface area (Å²) < 4.78 is 96.9. The second-order valence-corrected chi connectivity index (χ2v) is 35.1. The van der Waals surface area contributed by atoms with Crippen molar-refractivity contribution in [1.82, 2.24) is 88.2 Å². The number of benzene rings is 3. The molecular formula is C96H100F6N22O9. The fourth-order valence-corrected chi connectivity index (χ4v) is 17.5. The van der Waals surface area contributed by atoms with E-state index in [9.17, 15) is 48.2 Å². The zero-order valence-electron chi connectivity index (χ0n) is 75.7. The van der Waals surface area contributed by atoms with Gasteiger partial charge in [-0.1, -0.05) is 99.4 Å². The van der Waals surface area contributed by atoms with Crippen LogP contribution in [0.25, 0.3) is 83.9 Å². The number of fused-ring (bicyclic) bond motifs is 3. The summed E-state index contributed by atoms with van der Waals surface area (Å²) in [4.78, 5) is 157. The molecule has 37 heteroatoms. The maximum absolute atomic E-state index is 16.0. The van der Waals surface area contributed by atoms with Crippen LogP contribution in [0.4, 0.5) is 49.5 Å². The molecule has 3 amide bonds. The molecule has 31 nitrogen and oxygen atoms in total. The van der Waals surface area contributed by atoms with E-state index in [2.05, 4.69) is 79.5 Å². The zero-order chi connectivity index (χ0) is 95.6. The van der Waals surface area contributed by atoms with E-state index >= 15 is 22.0 Å². The number of pyridine rings is 3. The van der Waals surface area contributed by atoms with Crippen molar-refractivity contribution in [3.8, 4) is 56.6 Å². The summed E-state index contributed by atoms with van der Waals surface area (Å²) >= 11 is 0. The molecule has 5 fully saturated rings. The molecule has 0 bridgehead atoms. The number of aromatic nitrogens is 15. The van der Waals surface area contributed by atoms with Crippen molar-refractivity contribution in [1.29, 1.82) is 0 Å². The smallest absolute Gasteiger partial charge is 0.373 e. The summed E-state index contributed by atoms with van der Waals surface area (Å²) in [6.07, 6.45) is 6.75. The van der Waals surface area contributed by atoms with E-state index in [4.69, 9.17) is 5.73 Å². The van der Waals surface area contributed by atoms with Crippen LogP contribution in [0.15, 0.2) is 131 Å². The molecule has 12 heterocycles. The van der Waals surface area contributed by atoms with Gasteiger partial charge in [-0.2, -0.15) is 15.0 Å². The largest absolute Gasteiger partial charge is 0.507 e. The molecule has 5 aliphatic rings. The SMILES string of the molecule is C=CC(=O)N1CCN(c2nc(=O)n(-c3c(C(C)C)nc(C)nc3C(C)C)c3nc(-c4c(N)cccc4F)c(F)cc23)[C@@H](C)C1.C=CC(=O)N1CCN(c2nc(=O)n(-c3c(C(C)C)nc(C)nc3C(C)C)c3nc(-c4c(O)cccc4F)c(F)cc23)[C@@H](C)C1.C=CC(=O)N1CCN(c2nc(=O)n(-c3c(C4CC4)nc(C(=O)O)nc3C3CC3)c3nc(-c4ccccc4F)c(F)cc23)[C@@H](C)C1. The highest BCUT2D eigenvalue weighted by atomic mass is 19.1. The third-order valence-electron chi connectivity index (χ3n) is 24.2. The molecule has 3 atom stereocenters. The van der Waals surface area contributed by atoms with Gasteiger partial charge in [0.05, 0.1) is 78.5 Å². The lowest BCUT2D eigenvalue weighted by Gasteiger charge is -2.40. The molecule has 690 valence electrons. The number of halogens is 6. The molecule has 3 saturated heterocycles. The van der Waals surface area contributed by atoms with Crippen LogP contribution < -0.4 is 37.5 Å². The highest BCUT2D eigenvalue weighted by Crippen LogP contribution is 2.49. The number of nitrogen functional groups attached to an aromatic ring is 1. The number of hydrogen-bond acceptors (Lipinski definition) is 24. The van der Waals surface area contributed by atoms with Gasteiger partial charge in [0.1, 0.15) is 75.2 Å². The summed E-state index contributed by atoms with van der Waals surface area (Å²) in [7, 11) is 0. The predicted octanol–water partition coefficient (Wildman–Crippen LogP) is 14.1. The number of carbonyl (C=O) groups is 4. The van der Waals surface area contributed by atoms with Crippen LogP contribution in [0.2, 0.25) is 0 Å². The predicted molar refractivity (Wildman–Crippen MR) is 492 cm³/mol. The first kappa shape index (κ1) is 93.1. The van der Waals surface area contributed by atoms with E-state index < -0.39 is 74.9 Å². The minimum Gasteiger partial charge on any atom is -0.507 e. The lowest BCUT2D eigenvalue weighted by Crippen LogP contribution is -2.54. The Kier molecular flexibility index (Phi) is 26.2. The highest BCUT2D eigenvalue weighted by molar-refractivity contribution is 5.96. The van der Waals surface area contributed by atoms with Gasteiger partial charge in [-0.25, -0.2) is 104 Å². The van der Waals surface area contributed by atoms with E-state index in [0.717, 1.165) is 37.8 Å². The number of carboxylic acids is 1.